The second-order valence-corrected chi connectivity index (χ2v) is 8.85. The molecule has 3 aromatic rings. The number of aromatic nitrogens is 3. The standard InChI is InChI=1S/C25H23F5N4O4/c26-17-9-15(10-18(27)13-17)16(12-22(35)38-24(36)25(28,29)30)11-21-34-33-20(37-21)5-1-4-19-7-6-14-3-2-8-31-23(14)32-19/h6-7,9-10,13,16H,1-5,8,11-12H2,(H,31,32). The third-order valence-corrected chi connectivity index (χ3v) is 5.91. The summed E-state index contributed by atoms with van der Waals surface area (Å²) >= 11 is 0. The third kappa shape index (κ3) is 7.33. The summed E-state index contributed by atoms with van der Waals surface area (Å²) in [7, 11) is 0. The van der Waals surface area contributed by atoms with Gasteiger partial charge in [-0.25, -0.2) is 18.6 Å². The van der Waals surface area contributed by atoms with Gasteiger partial charge in [-0.15, -0.1) is 10.2 Å². The predicted octanol–water partition coefficient (Wildman–Crippen LogP) is 4.62. The van der Waals surface area contributed by atoms with Gasteiger partial charge in [0.15, 0.2) is 0 Å². The molecule has 13 heteroatoms. The number of anilines is 1. The smallest absolute Gasteiger partial charge is 0.425 e. The van der Waals surface area contributed by atoms with E-state index in [2.05, 4.69) is 31.3 Å². The maximum Gasteiger partial charge on any atom is 0.491 e. The van der Waals surface area contributed by atoms with Crippen LogP contribution in [0.2, 0.25) is 0 Å². The van der Waals surface area contributed by atoms with E-state index in [1.54, 1.807) is 0 Å². The molecule has 1 N–H and O–H groups in total. The van der Waals surface area contributed by atoms with E-state index >= 15 is 0 Å². The maximum absolute atomic E-state index is 13.8. The van der Waals surface area contributed by atoms with Crippen molar-refractivity contribution < 1.29 is 40.7 Å². The average molecular weight is 538 g/mol. The number of benzene rings is 1. The number of carbonyl (C=O) groups is 2. The van der Waals surface area contributed by atoms with Gasteiger partial charge >= 0.3 is 18.1 Å². The first kappa shape index (κ1) is 27.1. The number of fused-ring (bicyclic) bond motifs is 1. The first-order valence-electron chi connectivity index (χ1n) is 11.9. The van der Waals surface area contributed by atoms with Crippen LogP contribution in [0.3, 0.4) is 0 Å². The predicted molar refractivity (Wildman–Crippen MR) is 122 cm³/mol. The summed E-state index contributed by atoms with van der Waals surface area (Å²) in [4.78, 5) is 27.6. The molecule has 202 valence electrons. The molecule has 0 saturated heterocycles. The first-order valence-corrected chi connectivity index (χ1v) is 11.9. The number of esters is 2. The molecule has 1 aliphatic rings. The molecule has 0 saturated carbocycles. The van der Waals surface area contributed by atoms with Gasteiger partial charge in [0, 0.05) is 37.1 Å². The van der Waals surface area contributed by atoms with E-state index in [0.717, 1.165) is 43.0 Å². The van der Waals surface area contributed by atoms with Crippen LogP contribution in [0.5, 0.6) is 0 Å². The fourth-order valence-electron chi connectivity index (χ4n) is 4.13. The molecule has 0 aliphatic carbocycles. The molecular formula is C25H23F5N4O4. The Morgan fingerprint density at radius 2 is 1.79 bits per heavy atom. The van der Waals surface area contributed by atoms with Gasteiger partial charge in [-0.2, -0.15) is 13.2 Å². The summed E-state index contributed by atoms with van der Waals surface area (Å²) in [6.07, 6.45) is -2.66. The van der Waals surface area contributed by atoms with Crippen LogP contribution < -0.4 is 5.32 Å². The summed E-state index contributed by atoms with van der Waals surface area (Å²) in [6.45, 7) is 0.883. The van der Waals surface area contributed by atoms with Gasteiger partial charge in [0.2, 0.25) is 11.8 Å². The van der Waals surface area contributed by atoms with Crippen LogP contribution in [-0.4, -0.2) is 39.8 Å². The van der Waals surface area contributed by atoms with Crippen molar-refractivity contribution in [3.8, 4) is 0 Å². The van der Waals surface area contributed by atoms with E-state index in [1.165, 1.54) is 5.56 Å². The number of halogens is 5. The van der Waals surface area contributed by atoms with Crippen LogP contribution >= 0.6 is 0 Å². The number of rotatable bonds is 9. The molecule has 0 bridgehead atoms. The summed E-state index contributed by atoms with van der Waals surface area (Å²) < 4.78 is 74.3. The van der Waals surface area contributed by atoms with Crippen LogP contribution in [0.4, 0.5) is 27.8 Å². The van der Waals surface area contributed by atoms with Crippen LogP contribution in [0.15, 0.2) is 34.7 Å². The fraction of sp³-hybridized carbons (Fsp3) is 0.400. The molecule has 0 fully saturated rings. The van der Waals surface area contributed by atoms with Gasteiger partial charge in [0.25, 0.3) is 0 Å². The van der Waals surface area contributed by atoms with E-state index in [1.807, 2.05) is 6.07 Å². The first-order chi connectivity index (χ1) is 18.1. The van der Waals surface area contributed by atoms with E-state index in [-0.39, 0.29) is 23.8 Å². The summed E-state index contributed by atoms with van der Waals surface area (Å²) in [5.41, 5.74) is 2.03. The number of aryl methyl sites for hydroxylation is 3. The average Bonchev–Trinajstić information content (AvgIpc) is 3.29. The Balaban J connectivity index is 1.39. The number of nitrogens with zero attached hydrogens (tertiary/aromatic N) is 3. The molecule has 0 spiro atoms. The van der Waals surface area contributed by atoms with Crippen LogP contribution in [0, 0.1) is 11.6 Å². The molecule has 8 nitrogen and oxygen atoms in total. The quantitative estimate of drug-likeness (QED) is 0.239. The van der Waals surface area contributed by atoms with Crippen molar-refractivity contribution in [3.63, 3.8) is 0 Å². The lowest BCUT2D eigenvalue weighted by atomic mass is 9.92. The molecule has 3 heterocycles. The number of alkyl halides is 3. The van der Waals surface area contributed by atoms with Gasteiger partial charge in [0.1, 0.15) is 17.5 Å². The second kappa shape index (κ2) is 11.7. The fourth-order valence-corrected chi connectivity index (χ4v) is 4.13. The summed E-state index contributed by atoms with van der Waals surface area (Å²) in [6, 6.07) is 6.46. The number of ether oxygens (including phenoxy) is 1. The van der Waals surface area contributed by atoms with Crippen molar-refractivity contribution in [2.24, 2.45) is 0 Å². The highest BCUT2D eigenvalue weighted by molar-refractivity contribution is 5.88. The van der Waals surface area contributed by atoms with Crippen molar-refractivity contribution in [2.45, 2.75) is 57.0 Å². The van der Waals surface area contributed by atoms with Gasteiger partial charge in [-0.05, 0) is 55.0 Å². The van der Waals surface area contributed by atoms with Crippen molar-refractivity contribution >= 4 is 17.8 Å². The van der Waals surface area contributed by atoms with Crippen molar-refractivity contribution in [1.82, 2.24) is 15.2 Å². The van der Waals surface area contributed by atoms with E-state index in [9.17, 15) is 31.5 Å². The van der Waals surface area contributed by atoms with Gasteiger partial charge in [-0.1, -0.05) is 6.07 Å². The Labute approximate surface area is 213 Å². The maximum atomic E-state index is 13.8. The van der Waals surface area contributed by atoms with E-state index in [0.29, 0.717) is 25.3 Å². The lowest BCUT2D eigenvalue weighted by Gasteiger charge is -2.17. The number of carbonyl (C=O) groups excluding carboxylic acids is 2. The number of nitrogens with one attached hydrogen (secondary N) is 1. The minimum atomic E-state index is -5.37. The molecular weight excluding hydrogens is 515 g/mol. The number of hydrogen-bond donors (Lipinski definition) is 1. The van der Waals surface area contributed by atoms with Crippen molar-refractivity contribution in [3.05, 3.63) is 70.6 Å². The van der Waals surface area contributed by atoms with E-state index in [4.69, 9.17) is 4.42 Å². The Morgan fingerprint density at radius 1 is 1.05 bits per heavy atom. The van der Waals surface area contributed by atoms with Gasteiger partial charge in [-0.3, -0.25) is 4.79 Å². The zero-order valence-electron chi connectivity index (χ0n) is 20.0. The molecule has 1 unspecified atom stereocenters. The molecule has 38 heavy (non-hydrogen) atoms. The molecule has 1 atom stereocenters. The van der Waals surface area contributed by atoms with Gasteiger partial charge in [0.05, 0.1) is 6.42 Å². The molecule has 0 amide bonds. The molecule has 2 aromatic heterocycles. The molecule has 1 aliphatic heterocycles. The van der Waals surface area contributed by atoms with Crippen molar-refractivity contribution in [1.29, 1.82) is 0 Å². The monoisotopic (exact) mass is 538 g/mol. The zero-order valence-corrected chi connectivity index (χ0v) is 20.0. The second-order valence-electron chi connectivity index (χ2n) is 8.85. The minimum Gasteiger partial charge on any atom is -0.425 e. The summed E-state index contributed by atoms with van der Waals surface area (Å²) in [5.74, 6) is -6.05. The third-order valence-electron chi connectivity index (χ3n) is 5.91. The topological polar surface area (TPSA) is 107 Å². The Hall–Kier alpha value is -3.90. The molecule has 1 aromatic carbocycles. The lowest BCUT2D eigenvalue weighted by molar-refractivity contribution is -0.202. The van der Waals surface area contributed by atoms with Gasteiger partial charge < -0.3 is 14.5 Å². The van der Waals surface area contributed by atoms with Crippen molar-refractivity contribution in [2.75, 3.05) is 11.9 Å². The Kier molecular flexibility index (Phi) is 8.32. The number of hydrogen-bond acceptors (Lipinski definition) is 8. The number of pyridine rings is 1. The zero-order chi connectivity index (χ0) is 27.3. The minimum absolute atomic E-state index is 0.000670. The summed E-state index contributed by atoms with van der Waals surface area (Å²) in [5, 5.41) is 11.1. The largest absolute Gasteiger partial charge is 0.491 e. The highest BCUT2D eigenvalue weighted by atomic mass is 19.4. The van der Waals surface area contributed by atoms with E-state index < -0.39 is 42.1 Å². The normalized spacial score (nSPS) is 13.9. The Morgan fingerprint density at radius 3 is 2.53 bits per heavy atom. The van der Waals surface area contributed by atoms with Crippen LogP contribution in [-0.2, 0) is 40.0 Å². The highest BCUT2D eigenvalue weighted by Crippen LogP contribution is 2.27. The lowest BCUT2D eigenvalue weighted by Crippen LogP contribution is -2.28. The molecule has 0 radical (unpaired) electrons. The Bertz CT molecular complexity index is 1290. The SMILES string of the molecule is O=C(CC(Cc1nnc(CCCc2ccc3c(n2)NCCC3)o1)c1cc(F)cc(F)c1)OC(=O)C(F)(F)F. The highest BCUT2D eigenvalue weighted by Gasteiger charge is 2.42. The van der Waals surface area contributed by atoms with Crippen LogP contribution in [0.25, 0.3) is 0 Å². The van der Waals surface area contributed by atoms with Crippen LogP contribution in [0.1, 0.15) is 53.8 Å². The molecule has 4 rings (SSSR count).